The Morgan fingerprint density at radius 2 is 2.23 bits per heavy atom. The average molecular weight is 451 g/mol. The van der Waals surface area contributed by atoms with Crippen LogP contribution in [0.1, 0.15) is 12.5 Å². The van der Waals surface area contributed by atoms with Crippen molar-refractivity contribution in [2.45, 2.75) is 6.92 Å². The van der Waals surface area contributed by atoms with E-state index >= 15 is 0 Å². The number of rotatable bonds is 5. The number of carbonyl (C=O) groups is 1. The van der Waals surface area contributed by atoms with Gasteiger partial charge in [-0.3, -0.25) is 14.7 Å². The van der Waals surface area contributed by atoms with Crippen LogP contribution in [0, 0.1) is 0 Å². The van der Waals surface area contributed by atoms with Gasteiger partial charge in [0.05, 0.1) is 35.0 Å². The fraction of sp³-hybridized carbons (Fsp3) is 0.167. The third-order valence-electron chi connectivity index (χ3n) is 3.54. The molecule has 1 amide bonds. The molecule has 0 N–H and O–H groups in total. The van der Waals surface area contributed by atoms with Crippen LogP contribution in [0.3, 0.4) is 0 Å². The van der Waals surface area contributed by atoms with Crippen LogP contribution in [0.5, 0.6) is 11.5 Å². The number of hydrogen-bond acceptors (Lipinski definition) is 6. The maximum atomic E-state index is 12.8. The van der Waals surface area contributed by atoms with Crippen molar-refractivity contribution in [2.75, 3.05) is 18.6 Å². The number of pyridine rings is 1. The lowest BCUT2D eigenvalue weighted by atomic mass is 10.2. The molecule has 1 fully saturated rings. The zero-order valence-corrected chi connectivity index (χ0v) is 17.3. The molecule has 0 radical (unpaired) electrons. The second kappa shape index (κ2) is 8.20. The molecule has 2 aromatic rings. The summed E-state index contributed by atoms with van der Waals surface area (Å²) in [6.45, 7) is 2.43. The molecule has 26 heavy (non-hydrogen) atoms. The maximum absolute atomic E-state index is 12.8. The third-order valence-corrected chi connectivity index (χ3v) is 5.43. The van der Waals surface area contributed by atoms with E-state index in [1.165, 1.54) is 16.7 Å². The Balaban J connectivity index is 1.95. The van der Waals surface area contributed by atoms with Gasteiger partial charge in [0.15, 0.2) is 15.8 Å². The molecule has 2 heterocycles. The lowest BCUT2D eigenvalue weighted by Gasteiger charge is -2.13. The fourth-order valence-electron chi connectivity index (χ4n) is 2.44. The van der Waals surface area contributed by atoms with E-state index in [2.05, 4.69) is 20.9 Å². The summed E-state index contributed by atoms with van der Waals surface area (Å²) in [5, 5.41) is 0. The molecule has 0 saturated carbocycles. The number of amides is 1. The molecular weight excluding hydrogens is 436 g/mol. The molecule has 0 aliphatic carbocycles. The first-order valence-electron chi connectivity index (χ1n) is 7.73. The fourth-order valence-corrected chi connectivity index (χ4v) is 4.31. The average Bonchev–Trinajstić information content (AvgIpc) is 2.91. The number of methoxy groups -OCH3 is 1. The molecule has 134 valence electrons. The van der Waals surface area contributed by atoms with Gasteiger partial charge >= 0.3 is 0 Å². The smallest absolute Gasteiger partial charge is 0.270 e. The lowest BCUT2D eigenvalue weighted by molar-refractivity contribution is -0.113. The number of benzene rings is 1. The van der Waals surface area contributed by atoms with Crippen molar-refractivity contribution in [3.63, 3.8) is 0 Å². The number of nitrogens with zero attached hydrogens (tertiary/aromatic N) is 2. The first-order valence-corrected chi connectivity index (χ1v) is 9.75. The predicted octanol–water partition coefficient (Wildman–Crippen LogP) is 4.66. The largest absolute Gasteiger partial charge is 0.493 e. The zero-order valence-electron chi connectivity index (χ0n) is 14.1. The first kappa shape index (κ1) is 18.9. The van der Waals surface area contributed by atoms with Gasteiger partial charge in [0.1, 0.15) is 0 Å². The van der Waals surface area contributed by atoms with Crippen LogP contribution in [0.4, 0.5) is 5.69 Å². The number of thiocarbonyl (C=S) groups is 1. The van der Waals surface area contributed by atoms with Crippen LogP contribution in [-0.4, -0.2) is 28.9 Å². The summed E-state index contributed by atoms with van der Waals surface area (Å²) in [5.41, 5.74) is 1.47. The van der Waals surface area contributed by atoms with Crippen molar-refractivity contribution in [3.8, 4) is 11.5 Å². The Labute approximate surface area is 169 Å². The highest BCUT2D eigenvalue weighted by Crippen LogP contribution is 2.40. The Kier molecular flexibility index (Phi) is 5.95. The molecule has 1 saturated heterocycles. The Bertz CT molecular complexity index is 888. The molecular formula is C18H15BrN2O3S2. The molecule has 8 heteroatoms. The minimum atomic E-state index is -0.169. The molecule has 0 spiro atoms. The quantitative estimate of drug-likeness (QED) is 0.487. The van der Waals surface area contributed by atoms with Gasteiger partial charge in [-0.2, -0.15) is 0 Å². The van der Waals surface area contributed by atoms with Gasteiger partial charge < -0.3 is 9.47 Å². The Morgan fingerprint density at radius 1 is 1.42 bits per heavy atom. The number of ether oxygens (including phenoxy) is 2. The Morgan fingerprint density at radius 3 is 2.88 bits per heavy atom. The van der Waals surface area contributed by atoms with Gasteiger partial charge in [0.2, 0.25) is 0 Å². The summed E-state index contributed by atoms with van der Waals surface area (Å²) in [7, 11) is 1.58. The second-order valence-corrected chi connectivity index (χ2v) is 7.73. The van der Waals surface area contributed by atoms with E-state index in [9.17, 15) is 4.79 Å². The minimum absolute atomic E-state index is 0.169. The van der Waals surface area contributed by atoms with E-state index in [1.807, 2.05) is 19.1 Å². The van der Waals surface area contributed by atoms with E-state index in [4.69, 9.17) is 21.7 Å². The van der Waals surface area contributed by atoms with Gasteiger partial charge in [-0.05, 0) is 58.8 Å². The SMILES string of the molecule is CCOc1c(Br)cc(/C=C2\SC(=S)N(c3cccnc3)C2=O)cc1OC. The lowest BCUT2D eigenvalue weighted by Crippen LogP contribution is -2.27. The number of halogens is 1. The van der Waals surface area contributed by atoms with Gasteiger partial charge in [-0.25, -0.2) is 0 Å². The van der Waals surface area contributed by atoms with Gasteiger partial charge in [0.25, 0.3) is 5.91 Å². The monoisotopic (exact) mass is 450 g/mol. The van der Waals surface area contributed by atoms with E-state index in [0.717, 1.165) is 10.0 Å². The van der Waals surface area contributed by atoms with Crippen molar-refractivity contribution in [2.24, 2.45) is 0 Å². The van der Waals surface area contributed by atoms with Crippen LogP contribution >= 0.6 is 39.9 Å². The summed E-state index contributed by atoms with van der Waals surface area (Å²) in [6, 6.07) is 7.28. The number of anilines is 1. The Hall–Kier alpha value is -1.90. The number of aromatic nitrogens is 1. The van der Waals surface area contributed by atoms with E-state index in [1.54, 1.807) is 37.7 Å². The summed E-state index contributed by atoms with van der Waals surface area (Å²) < 4.78 is 12.2. The van der Waals surface area contributed by atoms with Gasteiger partial charge in [0, 0.05) is 6.20 Å². The van der Waals surface area contributed by atoms with Gasteiger partial charge in [-0.15, -0.1) is 0 Å². The molecule has 1 aliphatic heterocycles. The van der Waals surface area contributed by atoms with Gasteiger partial charge in [-0.1, -0.05) is 24.0 Å². The van der Waals surface area contributed by atoms with Crippen LogP contribution in [0.25, 0.3) is 6.08 Å². The second-order valence-electron chi connectivity index (χ2n) is 5.20. The maximum Gasteiger partial charge on any atom is 0.270 e. The minimum Gasteiger partial charge on any atom is -0.493 e. The van der Waals surface area contributed by atoms with Crippen LogP contribution < -0.4 is 14.4 Å². The molecule has 3 rings (SSSR count). The van der Waals surface area contributed by atoms with Crippen LogP contribution in [0.15, 0.2) is 46.0 Å². The molecule has 0 unspecified atom stereocenters. The topological polar surface area (TPSA) is 51.7 Å². The van der Waals surface area contributed by atoms with Crippen LogP contribution in [-0.2, 0) is 4.79 Å². The van der Waals surface area contributed by atoms with E-state index < -0.39 is 0 Å². The number of thioether (sulfide) groups is 1. The number of hydrogen-bond donors (Lipinski definition) is 0. The van der Waals surface area contributed by atoms with Crippen molar-refractivity contribution >= 4 is 61.9 Å². The molecule has 1 aliphatic rings. The van der Waals surface area contributed by atoms with Crippen molar-refractivity contribution in [1.82, 2.24) is 4.98 Å². The first-order chi connectivity index (χ1) is 12.5. The summed E-state index contributed by atoms with van der Waals surface area (Å²) in [5.74, 6) is 1.06. The van der Waals surface area contributed by atoms with Crippen LogP contribution in [0.2, 0.25) is 0 Å². The predicted molar refractivity (Wildman–Crippen MR) is 112 cm³/mol. The summed E-state index contributed by atoms with van der Waals surface area (Å²) in [6.07, 6.45) is 5.06. The molecule has 0 atom stereocenters. The molecule has 1 aromatic carbocycles. The van der Waals surface area contributed by atoms with Crippen molar-refractivity contribution < 1.29 is 14.3 Å². The van der Waals surface area contributed by atoms with Crippen molar-refractivity contribution in [1.29, 1.82) is 0 Å². The molecule has 0 bridgehead atoms. The van der Waals surface area contributed by atoms with E-state index in [-0.39, 0.29) is 5.91 Å². The summed E-state index contributed by atoms with van der Waals surface area (Å²) in [4.78, 5) is 18.9. The third kappa shape index (κ3) is 3.77. The number of carbonyl (C=O) groups excluding carboxylic acids is 1. The standard InChI is InChI=1S/C18H15BrN2O3S2/c1-3-24-16-13(19)7-11(8-14(16)23-2)9-15-17(22)21(18(25)26-15)12-5-4-6-20-10-12/h4-10H,3H2,1-2H3/b15-9-. The highest BCUT2D eigenvalue weighted by molar-refractivity contribution is 9.10. The zero-order chi connectivity index (χ0) is 18.7. The highest BCUT2D eigenvalue weighted by Gasteiger charge is 2.33. The van der Waals surface area contributed by atoms with Crippen molar-refractivity contribution in [3.05, 3.63) is 51.6 Å². The normalized spacial score (nSPS) is 15.7. The highest BCUT2D eigenvalue weighted by atomic mass is 79.9. The molecule has 5 nitrogen and oxygen atoms in total. The van der Waals surface area contributed by atoms with E-state index in [0.29, 0.717) is 33.0 Å². The molecule has 1 aromatic heterocycles. The summed E-state index contributed by atoms with van der Waals surface area (Å²) >= 11 is 10.1.